The van der Waals surface area contributed by atoms with Crippen LogP contribution in [0.5, 0.6) is 5.75 Å². The summed E-state index contributed by atoms with van der Waals surface area (Å²) < 4.78 is 5.68. The lowest BCUT2D eigenvalue weighted by atomic mass is 9.86. The molecule has 0 unspecified atom stereocenters. The molecule has 0 aliphatic heterocycles. The molecule has 122 valence electrons. The topological polar surface area (TPSA) is 38.3 Å². The zero-order valence-corrected chi connectivity index (χ0v) is 14.8. The van der Waals surface area contributed by atoms with Crippen LogP contribution in [0.1, 0.15) is 26.3 Å². The predicted molar refractivity (Wildman–Crippen MR) is 95.7 cm³/mol. The number of halogens is 2. The number of anilines is 1. The second kappa shape index (κ2) is 7.24. The van der Waals surface area contributed by atoms with Crippen LogP contribution < -0.4 is 10.1 Å². The third kappa shape index (κ3) is 4.63. The Kier molecular flexibility index (Phi) is 5.55. The van der Waals surface area contributed by atoms with Gasteiger partial charge in [0, 0.05) is 0 Å². The Bertz CT molecular complexity index is 688. The van der Waals surface area contributed by atoms with E-state index in [1.54, 1.807) is 18.2 Å². The first-order valence-corrected chi connectivity index (χ1v) is 8.01. The monoisotopic (exact) mass is 351 g/mol. The van der Waals surface area contributed by atoms with Crippen molar-refractivity contribution in [2.75, 3.05) is 11.9 Å². The van der Waals surface area contributed by atoms with E-state index in [2.05, 4.69) is 26.1 Å². The molecule has 0 fully saturated rings. The summed E-state index contributed by atoms with van der Waals surface area (Å²) >= 11 is 12.1. The first-order chi connectivity index (χ1) is 10.8. The Morgan fingerprint density at radius 2 is 1.65 bits per heavy atom. The van der Waals surface area contributed by atoms with Crippen LogP contribution in [0.15, 0.2) is 42.5 Å². The Morgan fingerprint density at radius 1 is 1.04 bits per heavy atom. The number of ether oxygens (including phenoxy) is 1. The molecule has 0 radical (unpaired) electrons. The number of carbonyl (C=O) groups is 1. The minimum Gasteiger partial charge on any atom is -0.483 e. The number of hydrogen-bond donors (Lipinski definition) is 1. The minimum absolute atomic E-state index is 0.0703. The zero-order chi connectivity index (χ0) is 17.0. The van der Waals surface area contributed by atoms with E-state index in [0.29, 0.717) is 21.5 Å². The maximum absolute atomic E-state index is 12.1. The molecule has 0 aliphatic rings. The van der Waals surface area contributed by atoms with Crippen LogP contribution in [0.2, 0.25) is 10.0 Å². The van der Waals surface area contributed by atoms with Crippen molar-refractivity contribution in [1.82, 2.24) is 0 Å². The fourth-order valence-electron chi connectivity index (χ4n) is 2.15. The van der Waals surface area contributed by atoms with E-state index >= 15 is 0 Å². The van der Waals surface area contributed by atoms with Crippen LogP contribution in [0.4, 0.5) is 5.69 Å². The Balaban J connectivity index is 2.06. The van der Waals surface area contributed by atoms with E-state index in [0.717, 1.165) is 5.56 Å². The van der Waals surface area contributed by atoms with Gasteiger partial charge in [0.2, 0.25) is 0 Å². The number of benzene rings is 2. The van der Waals surface area contributed by atoms with Crippen LogP contribution in [-0.2, 0) is 10.2 Å². The van der Waals surface area contributed by atoms with E-state index in [-0.39, 0.29) is 17.9 Å². The van der Waals surface area contributed by atoms with Gasteiger partial charge in [0.05, 0.1) is 15.7 Å². The molecule has 2 rings (SSSR count). The molecular weight excluding hydrogens is 333 g/mol. The zero-order valence-electron chi connectivity index (χ0n) is 13.3. The molecule has 0 spiro atoms. The van der Waals surface area contributed by atoms with E-state index in [4.69, 9.17) is 27.9 Å². The van der Waals surface area contributed by atoms with Gasteiger partial charge in [0.15, 0.2) is 6.61 Å². The number of carbonyl (C=O) groups excluding carboxylic acids is 1. The fraction of sp³-hybridized carbons (Fsp3) is 0.278. The third-order valence-corrected chi connectivity index (χ3v) is 3.91. The molecule has 23 heavy (non-hydrogen) atoms. The molecule has 5 heteroatoms. The highest BCUT2D eigenvalue weighted by Crippen LogP contribution is 2.31. The molecule has 0 aromatic heterocycles. The van der Waals surface area contributed by atoms with Gasteiger partial charge in [-0.2, -0.15) is 0 Å². The second-order valence-electron chi connectivity index (χ2n) is 6.18. The lowest BCUT2D eigenvalue weighted by Crippen LogP contribution is -2.22. The summed E-state index contributed by atoms with van der Waals surface area (Å²) in [6.45, 7) is 6.17. The molecule has 0 atom stereocenters. The van der Waals surface area contributed by atoms with Gasteiger partial charge in [-0.1, -0.05) is 68.2 Å². The standard InChI is InChI=1S/C18H19Cl2NO2/c1-18(2,3)12-7-4-5-10-15(12)23-11-16(22)21-17-13(19)8-6-9-14(17)20/h4-10H,11H2,1-3H3,(H,21,22). The molecular formula is C18H19Cl2NO2. The summed E-state index contributed by atoms with van der Waals surface area (Å²) in [6.07, 6.45) is 0. The summed E-state index contributed by atoms with van der Waals surface area (Å²) in [6, 6.07) is 12.7. The van der Waals surface area contributed by atoms with Gasteiger partial charge in [0.1, 0.15) is 5.75 Å². The van der Waals surface area contributed by atoms with Crippen molar-refractivity contribution in [3.8, 4) is 5.75 Å². The highest BCUT2D eigenvalue weighted by Gasteiger charge is 2.19. The maximum atomic E-state index is 12.1. The number of rotatable bonds is 4. The highest BCUT2D eigenvalue weighted by atomic mass is 35.5. The summed E-state index contributed by atoms with van der Waals surface area (Å²) in [5.41, 5.74) is 1.37. The Labute approximate surface area is 146 Å². The van der Waals surface area contributed by atoms with Crippen molar-refractivity contribution < 1.29 is 9.53 Å². The summed E-state index contributed by atoms with van der Waals surface area (Å²) in [5.74, 6) is 0.379. The Morgan fingerprint density at radius 3 is 2.26 bits per heavy atom. The van der Waals surface area contributed by atoms with E-state index in [1.807, 2.05) is 24.3 Å². The lowest BCUT2D eigenvalue weighted by Gasteiger charge is -2.22. The highest BCUT2D eigenvalue weighted by molar-refractivity contribution is 6.39. The Hall–Kier alpha value is -1.71. The van der Waals surface area contributed by atoms with Crippen LogP contribution in [0.25, 0.3) is 0 Å². The molecule has 1 amide bonds. The molecule has 2 aromatic carbocycles. The van der Waals surface area contributed by atoms with Crippen LogP contribution >= 0.6 is 23.2 Å². The molecule has 0 aliphatic carbocycles. The summed E-state index contributed by atoms with van der Waals surface area (Å²) in [4.78, 5) is 12.1. The van der Waals surface area contributed by atoms with Crippen molar-refractivity contribution in [2.24, 2.45) is 0 Å². The smallest absolute Gasteiger partial charge is 0.262 e. The lowest BCUT2D eigenvalue weighted by molar-refractivity contribution is -0.118. The number of para-hydroxylation sites is 2. The molecule has 0 bridgehead atoms. The number of hydrogen-bond acceptors (Lipinski definition) is 2. The third-order valence-electron chi connectivity index (χ3n) is 3.28. The fourth-order valence-corrected chi connectivity index (χ4v) is 2.64. The van der Waals surface area contributed by atoms with Gasteiger partial charge in [-0.15, -0.1) is 0 Å². The summed E-state index contributed by atoms with van der Waals surface area (Å²) in [5, 5.41) is 3.46. The molecule has 3 nitrogen and oxygen atoms in total. The van der Waals surface area contributed by atoms with Crippen molar-refractivity contribution in [1.29, 1.82) is 0 Å². The second-order valence-corrected chi connectivity index (χ2v) is 6.99. The van der Waals surface area contributed by atoms with Gasteiger partial charge >= 0.3 is 0 Å². The normalized spacial score (nSPS) is 11.2. The van der Waals surface area contributed by atoms with E-state index in [9.17, 15) is 4.79 Å². The molecule has 0 saturated heterocycles. The molecule has 0 heterocycles. The van der Waals surface area contributed by atoms with E-state index in [1.165, 1.54) is 0 Å². The number of amides is 1. The van der Waals surface area contributed by atoms with Crippen molar-refractivity contribution in [3.63, 3.8) is 0 Å². The van der Waals surface area contributed by atoms with Gasteiger partial charge in [0.25, 0.3) is 5.91 Å². The minimum atomic E-state index is -0.316. The molecule has 1 N–H and O–H groups in total. The quantitative estimate of drug-likeness (QED) is 0.810. The van der Waals surface area contributed by atoms with Crippen molar-refractivity contribution in [3.05, 3.63) is 58.1 Å². The SMILES string of the molecule is CC(C)(C)c1ccccc1OCC(=O)Nc1c(Cl)cccc1Cl. The van der Waals surface area contributed by atoms with Crippen LogP contribution in [-0.4, -0.2) is 12.5 Å². The average Bonchev–Trinajstić information content (AvgIpc) is 2.48. The first-order valence-electron chi connectivity index (χ1n) is 7.25. The van der Waals surface area contributed by atoms with Crippen LogP contribution in [0.3, 0.4) is 0 Å². The van der Waals surface area contributed by atoms with Crippen LogP contribution in [0, 0.1) is 0 Å². The van der Waals surface area contributed by atoms with Gasteiger partial charge in [-0.05, 0) is 29.2 Å². The predicted octanol–water partition coefficient (Wildman–Crippen LogP) is 5.31. The molecule has 2 aromatic rings. The average molecular weight is 352 g/mol. The molecule has 0 saturated carbocycles. The number of nitrogens with one attached hydrogen (secondary N) is 1. The van der Waals surface area contributed by atoms with Crippen molar-refractivity contribution >= 4 is 34.8 Å². The maximum Gasteiger partial charge on any atom is 0.262 e. The van der Waals surface area contributed by atoms with Crippen molar-refractivity contribution in [2.45, 2.75) is 26.2 Å². The van der Waals surface area contributed by atoms with Gasteiger partial charge < -0.3 is 10.1 Å². The van der Waals surface area contributed by atoms with Gasteiger partial charge in [-0.3, -0.25) is 4.79 Å². The summed E-state index contributed by atoms with van der Waals surface area (Å²) in [7, 11) is 0. The first kappa shape index (κ1) is 17.6. The van der Waals surface area contributed by atoms with E-state index < -0.39 is 0 Å². The largest absolute Gasteiger partial charge is 0.483 e. The van der Waals surface area contributed by atoms with Gasteiger partial charge in [-0.25, -0.2) is 0 Å².